The van der Waals surface area contributed by atoms with Gasteiger partial charge in [0.2, 0.25) is 5.89 Å². The second-order valence-electron chi connectivity index (χ2n) is 5.95. The summed E-state index contributed by atoms with van der Waals surface area (Å²) in [5.74, 6) is 2.12. The van der Waals surface area contributed by atoms with Crippen LogP contribution in [0.4, 0.5) is 0 Å². The van der Waals surface area contributed by atoms with Crippen LogP contribution in [-0.2, 0) is 6.61 Å². The molecule has 1 aromatic heterocycles. The fourth-order valence-electron chi connectivity index (χ4n) is 2.57. The summed E-state index contributed by atoms with van der Waals surface area (Å²) in [6, 6.07) is 17.6. The van der Waals surface area contributed by atoms with Crippen LogP contribution in [-0.4, -0.2) is 16.7 Å². The van der Waals surface area contributed by atoms with Gasteiger partial charge in [-0.15, -0.1) is 0 Å². The van der Waals surface area contributed by atoms with Crippen LogP contribution in [0.15, 0.2) is 65.1 Å². The van der Waals surface area contributed by atoms with E-state index in [1.165, 1.54) is 0 Å². The van der Waals surface area contributed by atoms with Crippen molar-refractivity contribution in [2.45, 2.75) is 20.5 Å². The molecule has 0 spiro atoms. The maximum absolute atomic E-state index is 8.70. The molecule has 0 saturated carbocycles. The molecule has 134 valence electrons. The smallest absolute Gasteiger partial charge is 0.226 e. The molecule has 1 heterocycles. The van der Waals surface area contributed by atoms with Gasteiger partial charge in [-0.2, -0.15) is 0 Å². The molecule has 0 unspecified atom stereocenters. The lowest BCUT2D eigenvalue weighted by Gasteiger charge is -2.07. The van der Waals surface area contributed by atoms with Crippen LogP contribution in [0.25, 0.3) is 17.0 Å². The van der Waals surface area contributed by atoms with Gasteiger partial charge in [0.05, 0.1) is 0 Å². The number of hydroxylamine groups is 1. The Balaban J connectivity index is 1.71. The number of oxazole rings is 1. The summed E-state index contributed by atoms with van der Waals surface area (Å²) in [4.78, 5) is 4.55. The molecule has 5 heteroatoms. The Morgan fingerprint density at radius 3 is 2.77 bits per heavy atom. The van der Waals surface area contributed by atoms with Crippen LogP contribution >= 0.6 is 0 Å². The topological polar surface area (TPSA) is 67.5 Å². The molecule has 0 saturated heterocycles. The molecule has 26 heavy (non-hydrogen) atoms. The first kappa shape index (κ1) is 17.9. The van der Waals surface area contributed by atoms with Crippen molar-refractivity contribution < 1.29 is 14.4 Å². The summed E-state index contributed by atoms with van der Waals surface area (Å²) >= 11 is 0. The average molecular weight is 350 g/mol. The zero-order valence-corrected chi connectivity index (χ0v) is 14.9. The van der Waals surface area contributed by atoms with Crippen LogP contribution < -0.4 is 10.2 Å². The van der Waals surface area contributed by atoms with Gasteiger partial charge in [-0.25, -0.2) is 10.5 Å². The molecule has 0 aliphatic heterocycles. The van der Waals surface area contributed by atoms with Crippen molar-refractivity contribution in [1.82, 2.24) is 10.5 Å². The predicted molar refractivity (Wildman–Crippen MR) is 101 cm³/mol. The number of benzene rings is 2. The minimum Gasteiger partial charge on any atom is -0.487 e. The van der Waals surface area contributed by atoms with E-state index >= 15 is 0 Å². The molecule has 0 fully saturated rings. The normalized spacial score (nSPS) is 11.6. The number of hydrogen-bond acceptors (Lipinski definition) is 5. The second kappa shape index (κ2) is 8.47. The zero-order chi connectivity index (χ0) is 18.4. The Kier molecular flexibility index (Phi) is 5.84. The Morgan fingerprint density at radius 1 is 1.19 bits per heavy atom. The zero-order valence-electron chi connectivity index (χ0n) is 14.9. The van der Waals surface area contributed by atoms with E-state index in [1.54, 1.807) is 0 Å². The molecule has 2 aromatic carbocycles. The molecule has 0 radical (unpaired) electrons. The highest BCUT2D eigenvalue weighted by Gasteiger charge is 2.12. The monoisotopic (exact) mass is 350 g/mol. The van der Waals surface area contributed by atoms with E-state index in [1.807, 2.05) is 74.5 Å². The lowest BCUT2D eigenvalue weighted by molar-refractivity contribution is 0.180. The molecular weight excluding hydrogens is 328 g/mol. The first-order valence-electron chi connectivity index (χ1n) is 8.46. The standard InChI is InChI=1S/C21H22N2O3/c1-15(11-12-22-24)18-9-6-10-19(13-18)25-14-20-16(2)26-21(23-20)17-7-4-3-5-8-17/h3-11,13,22,24H,12,14H2,1-2H3/b15-11+. The molecule has 0 atom stereocenters. The summed E-state index contributed by atoms with van der Waals surface area (Å²) in [6.07, 6.45) is 1.91. The second-order valence-corrected chi connectivity index (χ2v) is 5.95. The van der Waals surface area contributed by atoms with Crippen molar-refractivity contribution >= 4 is 5.57 Å². The number of nitrogens with one attached hydrogen (secondary N) is 1. The summed E-state index contributed by atoms with van der Waals surface area (Å²) in [7, 11) is 0. The van der Waals surface area contributed by atoms with Crippen molar-refractivity contribution in [1.29, 1.82) is 0 Å². The Morgan fingerprint density at radius 2 is 2.00 bits per heavy atom. The van der Waals surface area contributed by atoms with E-state index in [9.17, 15) is 0 Å². The average Bonchev–Trinajstić information content (AvgIpc) is 3.06. The van der Waals surface area contributed by atoms with Crippen molar-refractivity contribution in [3.05, 3.63) is 77.7 Å². The Hall–Kier alpha value is -2.89. The Labute approximate surface area is 152 Å². The first-order valence-corrected chi connectivity index (χ1v) is 8.46. The quantitative estimate of drug-likeness (QED) is 0.609. The number of rotatable bonds is 7. The van der Waals surface area contributed by atoms with Crippen molar-refractivity contribution in [2.24, 2.45) is 0 Å². The van der Waals surface area contributed by atoms with Gasteiger partial charge in [-0.3, -0.25) is 0 Å². The molecule has 0 aliphatic carbocycles. The van der Waals surface area contributed by atoms with E-state index in [4.69, 9.17) is 14.4 Å². The van der Waals surface area contributed by atoms with Gasteiger partial charge in [-0.05, 0) is 49.2 Å². The van der Waals surface area contributed by atoms with E-state index in [2.05, 4.69) is 10.5 Å². The molecule has 5 nitrogen and oxygen atoms in total. The van der Waals surface area contributed by atoms with Gasteiger partial charge in [0.1, 0.15) is 23.8 Å². The van der Waals surface area contributed by atoms with Crippen LogP contribution in [0.5, 0.6) is 5.75 Å². The molecule has 0 amide bonds. The fourth-order valence-corrected chi connectivity index (χ4v) is 2.57. The lowest BCUT2D eigenvalue weighted by atomic mass is 10.1. The molecule has 3 rings (SSSR count). The van der Waals surface area contributed by atoms with Gasteiger partial charge in [0.15, 0.2) is 0 Å². The third-order valence-corrected chi connectivity index (χ3v) is 4.08. The van der Waals surface area contributed by atoms with Crippen LogP contribution in [0.3, 0.4) is 0 Å². The van der Waals surface area contributed by atoms with Gasteiger partial charge < -0.3 is 14.4 Å². The van der Waals surface area contributed by atoms with Crippen molar-refractivity contribution in [2.75, 3.05) is 6.54 Å². The van der Waals surface area contributed by atoms with Gasteiger partial charge in [-0.1, -0.05) is 36.4 Å². The minimum absolute atomic E-state index is 0.340. The third kappa shape index (κ3) is 4.39. The molecule has 3 aromatic rings. The summed E-state index contributed by atoms with van der Waals surface area (Å²) in [5, 5.41) is 8.70. The van der Waals surface area contributed by atoms with Gasteiger partial charge in [0.25, 0.3) is 0 Å². The van der Waals surface area contributed by atoms with Crippen LogP contribution in [0, 0.1) is 6.92 Å². The third-order valence-electron chi connectivity index (χ3n) is 4.08. The number of aryl methyl sites for hydroxylation is 1. The summed E-state index contributed by atoms with van der Waals surface area (Å²) < 4.78 is 11.7. The summed E-state index contributed by atoms with van der Waals surface area (Å²) in [6.45, 7) is 4.62. The number of hydrogen-bond donors (Lipinski definition) is 2. The Bertz CT molecular complexity index is 885. The van der Waals surface area contributed by atoms with Crippen molar-refractivity contribution in [3.8, 4) is 17.2 Å². The highest BCUT2D eigenvalue weighted by atomic mass is 16.5. The van der Waals surface area contributed by atoms with E-state index in [0.29, 0.717) is 19.0 Å². The maximum atomic E-state index is 8.70. The molecule has 2 N–H and O–H groups in total. The molecule has 0 bridgehead atoms. The fraction of sp³-hybridized carbons (Fsp3) is 0.190. The minimum atomic E-state index is 0.340. The number of nitrogens with zero attached hydrogens (tertiary/aromatic N) is 1. The molecular formula is C21H22N2O3. The van der Waals surface area contributed by atoms with E-state index < -0.39 is 0 Å². The number of aromatic nitrogens is 1. The number of allylic oxidation sites excluding steroid dienone is 1. The molecule has 0 aliphatic rings. The highest BCUT2D eigenvalue weighted by molar-refractivity contribution is 5.65. The predicted octanol–water partition coefficient (Wildman–Crippen LogP) is 4.61. The SMILES string of the molecule is C/C(=C\CNO)c1cccc(OCc2nc(-c3ccccc3)oc2C)c1. The van der Waals surface area contributed by atoms with Crippen LogP contribution in [0.1, 0.15) is 23.9 Å². The van der Waals surface area contributed by atoms with Gasteiger partial charge in [0, 0.05) is 12.1 Å². The van der Waals surface area contributed by atoms with E-state index in [-0.39, 0.29) is 0 Å². The maximum Gasteiger partial charge on any atom is 0.226 e. The summed E-state index contributed by atoms with van der Waals surface area (Å²) in [5.41, 5.74) is 5.95. The van der Waals surface area contributed by atoms with Crippen molar-refractivity contribution in [3.63, 3.8) is 0 Å². The largest absolute Gasteiger partial charge is 0.487 e. The van der Waals surface area contributed by atoms with Crippen LogP contribution in [0.2, 0.25) is 0 Å². The van der Waals surface area contributed by atoms with Gasteiger partial charge >= 0.3 is 0 Å². The first-order chi connectivity index (χ1) is 12.7. The highest BCUT2D eigenvalue weighted by Crippen LogP contribution is 2.24. The number of ether oxygens (including phenoxy) is 1. The lowest BCUT2D eigenvalue weighted by Crippen LogP contribution is -2.05. The van der Waals surface area contributed by atoms with E-state index in [0.717, 1.165) is 33.9 Å².